The van der Waals surface area contributed by atoms with Gasteiger partial charge in [-0.05, 0) is 37.1 Å². The van der Waals surface area contributed by atoms with Crippen molar-refractivity contribution in [3.63, 3.8) is 0 Å². The van der Waals surface area contributed by atoms with Gasteiger partial charge in [-0.1, -0.05) is 11.3 Å². The molecule has 0 aliphatic heterocycles. The van der Waals surface area contributed by atoms with Crippen LogP contribution in [0.1, 0.15) is 11.1 Å². The van der Waals surface area contributed by atoms with Gasteiger partial charge in [0.2, 0.25) is 0 Å². The maximum Gasteiger partial charge on any atom is 0.304 e. The number of nitrogens with one attached hydrogen (secondary N) is 1. The number of aromatic amines is 1. The van der Waals surface area contributed by atoms with E-state index in [0.717, 1.165) is 28.1 Å². The van der Waals surface area contributed by atoms with Crippen LogP contribution in [-0.2, 0) is 0 Å². The normalized spacial score (nSPS) is 10.4. The lowest BCUT2D eigenvalue weighted by atomic mass is 10.0. The first kappa shape index (κ1) is 11.0. The zero-order chi connectivity index (χ0) is 11.7. The molecule has 84 valence electrons. The van der Waals surface area contributed by atoms with E-state index in [9.17, 15) is 4.79 Å². The van der Waals surface area contributed by atoms with Crippen molar-refractivity contribution < 1.29 is 4.74 Å². The van der Waals surface area contributed by atoms with Crippen LogP contribution in [0.25, 0.3) is 11.3 Å². The first-order valence-electron chi connectivity index (χ1n) is 4.96. The summed E-state index contributed by atoms with van der Waals surface area (Å²) >= 11 is 1.18. The van der Waals surface area contributed by atoms with E-state index in [2.05, 4.69) is 4.98 Å². The Morgan fingerprint density at radius 1 is 1.25 bits per heavy atom. The smallest absolute Gasteiger partial charge is 0.304 e. The highest BCUT2D eigenvalue weighted by molar-refractivity contribution is 7.07. The fourth-order valence-corrected chi connectivity index (χ4v) is 2.30. The van der Waals surface area contributed by atoms with Gasteiger partial charge in [-0.2, -0.15) is 0 Å². The highest BCUT2D eigenvalue weighted by Crippen LogP contribution is 2.29. The lowest BCUT2D eigenvalue weighted by molar-refractivity contribution is 0.411. The fraction of sp³-hybridized carbons (Fsp3) is 0.250. The zero-order valence-corrected chi connectivity index (χ0v) is 10.3. The molecule has 1 aromatic heterocycles. The second-order valence-electron chi connectivity index (χ2n) is 3.63. The predicted octanol–water partition coefficient (Wildman–Crippen LogP) is 2.73. The molecule has 2 aromatic rings. The second kappa shape index (κ2) is 4.14. The van der Waals surface area contributed by atoms with Crippen LogP contribution in [0.15, 0.2) is 22.3 Å². The van der Waals surface area contributed by atoms with E-state index in [-0.39, 0.29) is 4.87 Å². The molecule has 0 amide bonds. The molecule has 16 heavy (non-hydrogen) atoms. The standard InChI is InChI=1S/C12H13NO2S/c1-7-8(2)11(15-3)5-4-9(7)10-6-16-12(14)13-10/h4-6H,1-3H3,(H,13,14). The molecule has 0 aliphatic carbocycles. The molecular formula is C12H13NO2S. The summed E-state index contributed by atoms with van der Waals surface area (Å²) in [5, 5.41) is 1.84. The predicted molar refractivity (Wildman–Crippen MR) is 66.4 cm³/mol. The van der Waals surface area contributed by atoms with Gasteiger partial charge in [-0.3, -0.25) is 4.79 Å². The number of ether oxygens (including phenoxy) is 1. The van der Waals surface area contributed by atoms with Crippen LogP contribution in [0.2, 0.25) is 0 Å². The van der Waals surface area contributed by atoms with Crippen molar-refractivity contribution in [3.05, 3.63) is 38.3 Å². The molecule has 0 fully saturated rings. The molecule has 0 bridgehead atoms. The van der Waals surface area contributed by atoms with Crippen LogP contribution in [-0.4, -0.2) is 12.1 Å². The Labute approximate surface area is 97.7 Å². The highest BCUT2D eigenvalue weighted by atomic mass is 32.1. The van der Waals surface area contributed by atoms with E-state index >= 15 is 0 Å². The molecule has 4 heteroatoms. The Morgan fingerprint density at radius 3 is 2.56 bits per heavy atom. The minimum atomic E-state index is -0.0251. The molecule has 2 rings (SSSR count). The van der Waals surface area contributed by atoms with Crippen molar-refractivity contribution in [3.8, 4) is 17.0 Å². The summed E-state index contributed by atoms with van der Waals surface area (Å²) in [6, 6.07) is 3.90. The fourth-order valence-electron chi connectivity index (χ4n) is 1.72. The molecular weight excluding hydrogens is 222 g/mol. The minimum absolute atomic E-state index is 0.0251. The van der Waals surface area contributed by atoms with Crippen LogP contribution in [0, 0.1) is 13.8 Å². The number of methoxy groups -OCH3 is 1. The lowest BCUT2D eigenvalue weighted by Gasteiger charge is -2.11. The van der Waals surface area contributed by atoms with Crippen molar-refractivity contribution in [2.45, 2.75) is 13.8 Å². The van der Waals surface area contributed by atoms with Crippen molar-refractivity contribution in [1.82, 2.24) is 4.98 Å². The number of rotatable bonds is 2. The summed E-state index contributed by atoms with van der Waals surface area (Å²) in [6.07, 6.45) is 0. The van der Waals surface area contributed by atoms with Gasteiger partial charge in [0.15, 0.2) is 0 Å². The number of thiazole rings is 1. The summed E-state index contributed by atoms with van der Waals surface area (Å²) in [5.41, 5.74) is 4.16. The minimum Gasteiger partial charge on any atom is -0.496 e. The summed E-state index contributed by atoms with van der Waals surface area (Å²) < 4.78 is 5.25. The molecule has 0 spiro atoms. The van der Waals surface area contributed by atoms with Crippen LogP contribution >= 0.6 is 11.3 Å². The quantitative estimate of drug-likeness (QED) is 0.869. The Bertz CT molecular complexity index is 569. The van der Waals surface area contributed by atoms with E-state index in [0.29, 0.717) is 0 Å². The molecule has 0 aliphatic rings. The third kappa shape index (κ3) is 1.76. The molecule has 0 radical (unpaired) electrons. The lowest BCUT2D eigenvalue weighted by Crippen LogP contribution is -1.96. The topological polar surface area (TPSA) is 42.1 Å². The number of H-pyrrole nitrogens is 1. The van der Waals surface area contributed by atoms with Crippen LogP contribution in [0.3, 0.4) is 0 Å². The number of hydrogen-bond acceptors (Lipinski definition) is 3. The van der Waals surface area contributed by atoms with Crippen LogP contribution in [0.4, 0.5) is 0 Å². The average molecular weight is 235 g/mol. The summed E-state index contributed by atoms with van der Waals surface area (Å²) in [4.78, 5) is 13.9. The third-order valence-electron chi connectivity index (χ3n) is 2.77. The van der Waals surface area contributed by atoms with Crippen molar-refractivity contribution in [2.75, 3.05) is 7.11 Å². The van der Waals surface area contributed by atoms with Gasteiger partial charge in [0.05, 0.1) is 12.8 Å². The van der Waals surface area contributed by atoms with Crippen LogP contribution < -0.4 is 9.61 Å². The number of benzene rings is 1. The van der Waals surface area contributed by atoms with Gasteiger partial charge in [0, 0.05) is 10.9 Å². The summed E-state index contributed by atoms with van der Waals surface area (Å²) in [5.74, 6) is 0.874. The van der Waals surface area contributed by atoms with Gasteiger partial charge >= 0.3 is 4.87 Å². The monoisotopic (exact) mass is 235 g/mol. The summed E-state index contributed by atoms with van der Waals surface area (Å²) in [6.45, 7) is 4.05. The highest BCUT2D eigenvalue weighted by Gasteiger charge is 2.09. The number of hydrogen-bond donors (Lipinski definition) is 1. The maximum atomic E-state index is 11.1. The van der Waals surface area contributed by atoms with Gasteiger partial charge < -0.3 is 9.72 Å². The average Bonchev–Trinajstić information content (AvgIpc) is 2.69. The molecule has 1 aromatic carbocycles. The van der Waals surface area contributed by atoms with Crippen molar-refractivity contribution in [1.29, 1.82) is 0 Å². The van der Waals surface area contributed by atoms with Crippen molar-refractivity contribution in [2.24, 2.45) is 0 Å². The third-order valence-corrected chi connectivity index (χ3v) is 3.44. The van der Waals surface area contributed by atoms with E-state index in [1.165, 1.54) is 11.3 Å². The molecule has 0 saturated heterocycles. The molecule has 0 saturated carbocycles. The maximum absolute atomic E-state index is 11.1. The number of aromatic nitrogens is 1. The SMILES string of the molecule is COc1ccc(-c2csc(=O)[nH]2)c(C)c1C. The Hall–Kier alpha value is -1.55. The van der Waals surface area contributed by atoms with E-state index in [1.54, 1.807) is 7.11 Å². The zero-order valence-electron chi connectivity index (χ0n) is 9.46. The van der Waals surface area contributed by atoms with E-state index in [1.807, 2.05) is 31.4 Å². The Morgan fingerprint density at radius 2 is 2.00 bits per heavy atom. The Balaban J connectivity index is 2.59. The summed E-state index contributed by atoms with van der Waals surface area (Å²) in [7, 11) is 1.66. The Kier molecular flexibility index (Phi) is 2.83. The molecule has 1 N–H and O–H groups in total. The second-order valence-corrected chi connectivity index (χ2v) is 4.47. The van der Waals surface area contributed by atoms with Crippen molar-refractivity contribution >= 4 is 11.3 Å². The molecule has 0 unspecified atom stereocenters. The van der Waals surface area contributed by atoms with Gasteiger partial charge in [-0.15, -0.1) is 0 Å². The first-order valence-corrected chi connectivity index (χ1v) is 5.84. The van der Waals surface area contributed by atoms with E-state index < -0.39 is 0 Å². The van der Waals surface area contributed by atoms with Gasteiger partial charge in [0.25, 0.3) is 0 Å². The van der Waals surface area contributed by atoms with Gasteiger partial charge in [-0.25, -0.2) is 0 Å². The molecule has 0 atom stereocenters. The van der Waals surface area contributed by atoms with E-state index in [4.69, 9.17) is 4.74 Å². The first-order chi connectivity index (χ1) is 7.63. The molecule has 3 nitrogen and oxygen atoms in total. The van der Waals surface area contributed by atoms with Gasteiger partial charge in [0.1, 0.15) is 5.75 Å². The largest absolute Gasteiger partial charge is 0.496 e. The molecule has 1 heterocycles. The van der Waals surface area contributed by atoms with Crippen LogP contribution in [0.5, 0.6) is 5.75 Å².